The van der Waals surface area contributed by atoms with E-state index >= 15 is 0 Å². The van der Waals surface area contributed by atoms with Gasteiger partial charge in [0.15, 0.2) is 0 Å². The molecule has 1 amide bonds. The van der Waals surface area contributed by atoms with Gasteiger partial charge in [-0.1, -0.05) is 49.6 Å². The van der Waals surface area contributed by atoms with Crippen LogP contribution in [-0.4, -0.2) is 53.2 Å². The number of aliphatic hydroxyl groups is 1. The number of nitrogens with zero attached hydrogens (tertiary/aromatic N) is 1. The Morgan fingerprint density at radius 3 is 2.38 bits per heavy atom. The summed E-state index contributed by atoms with van der Waals surface area (Å²) in [6, 6.07) is 13.1. The van der Waals surface area contributed by atoms with Crippen LogP contribution in [-0.2, 0) is 16.6 Å². The summed E-state index contributed by atoms with van der Waals surface area (Å²) in [7, 11) is -3.76. The van der Waals surface area contributed by atoms with Crippen LogP contribution in [0.4, 0.5) is 0 Å². The number of hydrogen-bond donors (Lipinski definition) is 3. The fourth-order valence-electron chi connectivity index (χ4n) is 6.42. The molecule has 7 nitrogen and oxygen atoms in total. The molecule has 2 aliphatic rings. The minimum absolute atomic E-state index is 0.180. The molecule has 0 radical (unpaired) electrons. The van der Waals surface area contributed by atoms with Crippen LogP contribution in [0.25, 0.3) is 22.0 Å². The van der Waals surface area contributed by atoms with Gasteiger partial charge in [-0.15, -0.1) is 0 Å². The van der Waals surface area contributed by atoms with E-state index in [1.54, 1.807) is 6.07 Å². The summed E-state index contributed by atoms with van der Waals surface area (Å²) in [5, 5.41) is 15.5. The van der Waals surface area contributed by atoms with Crippen molar-refractivity contribution in [3.05, 3.63) is 53.7 Å². The maximum absolute atomic E-state index is 13.6. The van der Waals surface area contributed by atoms with Gasteiger partial charge in [0, 0.05) is 41.0 Å². The molecule has 1 aliphatic carbocycles. The maximum Gasteiger partial charge on any atom is 0.253 e. The molecule has 1 saturated heterocycles. The van der Waals surface area contributed by atoms with Crippen molar-refractivity contribution in [2.75, 3.05) is 18.1 Å². The number of hydrogen-bond acceptors (Lipinski definition) is 5. The molecule has 0 unspecified atom stereocenters. The fourth-order valence-corrected chi connectivity index (χ4v) is 9.30. The highest BCUT2D eigenvalue weighted by atomic mass is 32.2. The van der Waals surface area contributed by atoms with E-state index < -0.39 is 21.2 Å². The third-order valence-corrected chi connectivity index (χ3v) is 11.5. The number of amides is 1. The molecule has 2 heterocycles. The Morgan fingerprint density at radius 2 is 1.71 bits per heavy atom. The molecule has 228 valence electrons. The third kappa shape index (κ3) is 6.90. The Balaban J connectivity index is 1.57. The van der Waals surface area contributed by atoms with Crippen molar-refractivity contribution >= 4 is 38.5 Å². The van der Waals surface area contributed by atoms with Crippen molar-refractivity contribution in [3.8, 4) is 11.3 Å². The number of fused-ring (bicyclic) bond motifs is 1. The largest absolute Gasteiger partial charge is 0.388 e. The van der Waals surface area contributed by atoms with Crippen LogP contribution < -0.4 is 10.0 Å². The quantitative estimate of drug-likeness (QED) is 0.279. The van der Waals surface area contributed by atoms with Crippen LogP contribution in [0.15, 0.2) is 47.4 Å². The van der Waals surface area contributed by atoms with Crippen LogP contribution in [0, 0.1) is 12.8 Å². The zero-order chi connectivity index (χ0) is 30.1. The normalized spacial score (nSPS) is 18.3. The Bertz CT molecular complexity index is 1540. The van der Waals surface area contributed by atoms with Gasteiger partial charge < -0.3 is 15.0 Å². The lowest BCUT2D eigenvalue weighted by atomic mass is 9.89. The van der Waals surface area contributed by atoms with Crippen LogP contribution in [0.3, 0.4) is 0 Å². The molecule has 1 aliphatic heterocycles. The summed E-state index contributed by atoms with van der Waals surface area (Å²) in [6.07, 6.45) is 7.40. The number of benzene rings is 2. The molecule has 0 spiro atoms. The first-order valence-electron chi connectivity index (χ1n) is 15.2. The monoisotopic (exact) mass is 611 g/mol. The molecule has 1 saturated carbocycles. The number of nitrogens with one attached hydrogen (secondary N) is 2. The summed E-state index contributed by atoms with van der Waals surface area (Å²) in [4.78, 5) is 13.8. The molecule has 2 aromatic carbocycles. The summed E-state index contributed by atoms with van der Waals surface area (Å²) >= 11 is 1.84. The standard InChI is InChI=1S/C33H45N3O4S2/c1-23-28(31(37)34-22-33(38)16-18-41-19-17-33)20-29(36(23)21-24-10-6-5-7-11-24)26-14-15-30(27-13-9-8-12-25(26)27)42(39,40)35-32(2,3)4/h8-9,12-15,20,24,35,38H,5-7,10-11,16-19,21-22H2,1-4H3,(H,34,37). The summed E-state index contributed by atoms with van der Waals surface area (Å²) in [6.45, 7) is 8.56. The second-order valence-corrected chi connectivity index (χ2v) is 16.1. The van der Waals surface area contributed by atoms with Gasteiger partial charge in [-0.2, -0.15) is 11.8 Å². The molecule has 3 N–H and O–H groups in total. The second kappa shape index (κ2) is 12.3. The zero-order valence-electron chi connectivity index (χ0n) is 25.3. The van der Waals surface area contributed by atoms with E-state index in [4.69, 9.17) is 0 Å². The smallest absolute Gasteiger partial charge is 0.253 e. The lowest BCUT2D eigenvalue weighted by molar-refractivity contribution is 0.0311. The number of rotatable bonds is 8. The number of thioether (sulfide) groups is 1. The van der Waals surface area contributed by atoms with E-state index in [1.165, 1.54) is 32.1 Å². The summed E-state index contributed by atoms with van der Waals surface area (Å²) < 4.78 is 31.9. The predicted octanol–water partition coefficient (Wildman–Crippen LogP) is 6.26. The molecule has 0 bridgehead atoms. The average molecular weight is 612 g/mol. The first kappa shape index (κ1) is 31.1. The van der Waals surface area contributed by atoms with Gasteiger partial charge in [0.1, 0.15) is 0 Å². The summed E-state index contributed by atoms with van der Waals surface area (Å²) in [5.74, 6) is 2.15. The van der Waals surface area contributed by atoms with Gasteiger partial charge in [0.05, 0.1) is 16.1 Å². The minimum Gasteiger partial charge on any atom is -0.388 e. The van der Waals surface area contributed by atoms with E-state index in [0.717, 1.165) is 40.4 Å². The highest BCUT2D eigenvalue weighted by Crippen LogP contribution is 2.37. The van der Waals surface area contributed by atoms with Gasteiger partial charge in [-0.25, -0.2) is 13.1 Å². The first-order chi connectivity index (χ1) is 19.9. The van der Waals surface area contributed by atoms with Crippen LogP contribution in [0.2, 0.25) is 0 Å². The highest BCUT2D eigenvalue weighted by molar-refractivity contribution is 7.99. The van der Waals surface area contributed by atoms with Crippen LogP contribution >= 0.6 is 11.8 Å². The van der Waals surface area contributed by atoms with Crippen LogP contribution in [0.5, 0.6) is 0 Å². The minimum atomic E-state index is -3.76. The van der Waals surface area contributed by atoms with E-state index in [-0.39, 0.29) is 17.3 Å². The molecule has 9 heteroatoms. The van der Waals surface area contributed by atoms with Gasteiger partial charge in [-0.3, -0.25) is 4.79 Å². The van der Waals surface area contributed by atoms with E-state index in [0.29, 0.717) is 29.7 Å². The molecule has 5 rings (SSSR count). The number of aromatic nitrogens is 1. The molecule has 3 aromatic rings. The first-order valence-corrected chi connectivity index (χ1v) is 17.9. The molecule has 2 fully saturated rings. The number of carbonyl (C=O) groups is 1. The maximum atomic E-state index is 13.6. The number of sulfonamides is 1. The van der Waals surface area contributed by atoms with Crippen molar-refractivity contribution in [3.63, 3.8) is 0 Å². The average Bonchev–Trinajstić information content (AvgIpc) is 3.26. The van der Waals surface area contributed by atoms with Crippen molar-refractivity contribution in [1.82, 2.24) is 14.6 Å². The van der Waals surface area contributed by atoms with E-state index in [2.05, 4.69) is 14.6 Å². The Kier molecular flexibility index (Phi) is 9.14. The summed E-state index contributed by atoms with van der Waals surface area (Å²) in [5.41, 5.74) is 1.84. The molecule has 42 heavy (non-hydrogen) atoms. The van der Waals surface area contributed by atoms with Crippen molar-refractivity contribution in [1.29, 1.82) is 0 Å². The van der Waals surface area contributed by atoms with Gasteiger partial charge in [0.2, 0.25) is 10.0 Å². The topological polar surface area (TPSA) is 100 Å². The Labute approximate surface area is 254 Å². The van der Waals surface area contributed by atoms with Gasteiger partial charge >= 0.3 is 0 Å². The SMILES string of the molecule is Cc1c(C(=O)NCC2(O)CCSCC2)cc(-c2ccc(S(=O)(=O)NC(C)(C)C)c3ccccc23)n1CC1CCCCC1. The van der Waals surface area contributed by atoms with E-state index in [9.17, 15) is 18.3 Å². The molecular weight excluding hydrogens is 567 g/mol. The van der Waals surface area contributed by atoms with Gasteiger partial charge in [-0.05, 0) is 88.3 Å². The van der Waals surface area contributed by atoms with Crippen molar-refractivity contribution in [2.45, 2.75) is 95.2 Å². The lowest BCUT2D eigenvalue weighted by Crippen LogP contribution is -2.45. The molecule has 0 atom stereocenters. The third-order valence-electron chi connectivity index (χ3n) is 8.67. The molecular formula is C33H45N3O4S2. The van der Waals surface area contributed by atoms with Crippen LogP contribution in [0.1, 0.15) is 81.8 Å². The van der Waals surface area contributed by atoms with Crippen molar-refractivity contribution in [2.24, 2.45) is 5.92 Å². The fraction of sp³-hybridized carbons (Fsp3) is 0.545. The second-order valence-electron chi connectivity index (χ2n) is 13.2. The highest BCUT2D eigenvalue weighted by Gasteiger charge is 2.31. The van der Waals surface area contributed by atoms with Gasteiger partial charge in [0.25, 0.3) is 5.91 Å². The lowest BCUT2D eigenvalue weighted by Gasteiger charge is -2.31. The predicted molar refractivity (Wildman–Crippen MR) is 173 cm³/mol. The Morgan fingerprint density at radius 1 is 1.05 bits per heavy atom. The number of carbonyl (C=O) groups excluding carboxylic acids is 1. The molecule has 1 aromatic heterocycles. The van der Waals surface area contributed by atoms with Crippen molar-refractivity contribution < 1.29 is 18.3 Å². The Hall–Kier alpha value is -2.33. The van der Waals surface area contributed by atoms with E-state index in [1.807, 2.05) is 75.9 Å². The zero-order valence-corrected chi connectivity index (χ0v) is 27.0.